The largest absolute Gasteiger partial charge is 0.439 e. The molecule has 0 bridgehead atoms. The third kappa shape index (κ3) is 5.65. The minimum atomic E-state index is -2.80. The minimum Gasteiger partial charge on any atom is -0.439 e. The van der Waals surface area contributed by atoms with Gasteiger partial charge in [0, 0.05) is 25.1 Å². The molecule has 30 heavy (non-hydrogen) atoms. The fourth-order valence-electron chi connectivity index (χ4n) is 2.86. The number of fused-ring (bicyclic) bond motifs is 1. The van der Waals surface area contributed by atoms with Crippen molar-refractivity contribution in [1.29, 1.82) is 0 Å². The van der Waals surface area contributed by atoms with Gasteiger partial charge < -0.3 is 4.42 Å². The second-order valence-corrected chi connectivity index (χ2v) is 7.16. The molecular formula is C21H23F2N5O2. The number of halogens is 2. The van der Waals surface area contributed by atoms with Gasteiger partial charge >= 0.3 is 0 Å². The normalized spacial score (nSPS) is 14.7. The van der Waals surface area contributed by atoms with E-state index in [1.54, 1.807) is 13.0 Å². The van der Waals surface area contributed by atoms with Crippen molar-refractivity contribution < 1.29 is 13.2 Å². The van der Waals surface area contributed by atoms with Crippen molar-refractivity contribution in [3.8, 4) is 0 Å². The van der Waals surface area contributed by atoms with E-state index >= 15 is 0 Å². The standard InChI is InChI=1S/C21H23F2N5O2/c1-14(12-25-18(24-3)10-11-21(2,22)23)15-8-9-20(29)28(27-15)13-19-26-16-6-4-5-7-17(16)30-19/h5,7-9,12H,3-4,6,10-11,13H2,1-2H3/b14-12+,25-18?. The van der Waals surface area contributed by atoms with Gasteiger partial charge in [-0.25, -0.2) is 28.4 Å². The molecule has 7 nitrogen and oxygen atoms in total. The highest BCUT2D eigenvalue weighted by Crippen LogP contribution is 2.21. The van der Waals surface area contributed by atoms with Gasteiger partial charge in [0.05, 0.1) is 11.4 Å². The van der Waals surface area contributed by atoms with Gasteiger partial charge in [-0.3, -0.25) is 4.79 Å². The SMILES string of the molecule is C=NC(CCC(C)(F)F)=N/C=C(\C)c1ccc(=O)n(Cc2nc3c(o2)C=CCC3)n1. The number of alkyl halides is 2. The first kappa shape index (κ1) is 21.5. The predicted molar refractivity (Wildman–Crippen MR) is 112 cm³/mol. The second kappa shape index (κ2) is 9.06. The number of aromatic nitrogens is 3. The van der Waals surface area contributed by atoms with Crippen molar-refractivity contribution in [2.75, 3.05) is 0 Å². The second-order valence-electron chi connectivity index (χ2n) is 7.16. The summed E-state index contributed by atoms with van der Waals surface area (Å²) in [5.41, 5.74) is 1.74. The molecule has 9 heteroatoms. The lowest BCUT2D eigenvalue weighted by molar-refractivity contribution is 0.0150. The first-order valence-electron chi connectivity index (χ1n) is 9.57. The molecule has 0 radical (unpaired) electrons. The van der Waals surface area contributed by atoms with E-state index in [4.69, 9.17) is 4.42 Å². The molecule has 0 amide bonds. The van der Waals surface area contributed by atoms with Crippen molar-refractivity contribution in [1.82, 2.24) is 14.8 Å². The Morgan fingerprint density at radius 3 is 2.93 bits per heavy atom. The number of hydrogen-bond donors (Lipinski definition) is 0. The molecule has 0 N–H and O–H groups in total. The molecule has 0 aromatic carbocycles. The smallest absolute Gasteiger partial charge is 0.267 e. The fraction of sp³-hybridized carbons (Fsp3) is 0.381. The number of oxazole rings is 1. The maximum Gasteiger partial charge on any atom is 0.267 e. The monoisotopic (exact) mass is 415 g/mol. The summed E-state index contributed by atoms with van der Waals surface area (Å²) in [5, 5.41) is 4.35. The van der Waals surface area contributed by atoms with E-state index in [1.807, 2.05) is 12.2 Å². The molecule has 2 aromatic heterocycles. The Bertz CT molecular complexity index is 1070. The Hall–Kier alpha value is -3.23. The number of aryl methyl sites for hydroxylation is 1. The number of nitrogens with zero attached hydrogens (tertiary/aromatic N) is 5. The van der Waals surface area contributed by atoms with Crippen LogP contribution in [0.2, 0.25) is 0 Å². The number of rotatable bonds is 7. The number of aliphatic imine (C=N–C) groups is 2. The highest BCUT2D eigenvalue weighted by atomic mass is 19.3. The Kier molecular flexibility index (Phi) is 6.49. The molecule has 0 atom stereocenters. The zero-order chi connectivity index (χ0) is 21.7. The van der Waals surface area contributed by atoms with Gasteiger partial charge in [-0.1, -0.05) is 6.08 Å². The van der Waals surface area contributed by atoms with Crippen LogP contribution in [0.5, 0.6) is 0 Å². The van der Waals surface area contributed by atoms with Crippen molar-refractivity contribution in [3.63, 3.8) is 0 Å². The van der Waals surface area contributed by atoms with Crippen LogP contribution in [0.1, 0.15) is 56.1 Å². The molecule has 2 aromatic rings. The topological polar surface area (TPSA) is 85.6 Å². The molecule has 0 saturated heterocycles. The van der Waals surface area contributed by atoms with Gasteiger partial charge in [0.25, 0.3) is 5.56 Å². The minimum absolute atomic E-state index is 0.00693. The summed E-state index contributed by atoms with van der Waals surface area (Å²) in [6.07, 6.45) is 6.74. The first-order chi connectivity index (χ1) is 14.2. The van der Waals surface area contributed by atoms with Crippen LogP contribution in [0.4, 0.5) is 8.78 Å². The molecule has 1 aliphatic carbocycles. The summed E-state index contributed by atoms with van der Waals surface area (Å²) < 4.78 is 33.0. The Morgan fingerprint density at radius 2 is 2.23 bits per heavy atom. The van der Waals surface area contributed by atoms with Gasteiger partial charge in [0.2, 0.25) is 11.8 Å². The zero-order valence-electron chi connectivity index (χ0n) is 16.9. The van der Waals surface area contributed by atoms with Crippen LogP contribution in [-0.4, -0.2) is 33.2 Å². The molecule has 0 unspecified atom stereocenters. The van der Waals surface area contributed by atoms with Gasteiger partial charge in [0.1, 0.15) is 18.1 Å². The van der Waals surface area contributed by atoms with E-state index in [0.29, 0.717) is 22.9 Å². The van der Waals surface area contributed by atoms with Crippen molar-refractivity contribution in [2.45, 2.75) is 52.0 Å². The molecule has 0 spiro atoms. The first-order valence-corrected chi connectivity index (χ1v) is 9.57. The maximum absolute atomic E-state index is 13.0. The van der Waals surface area contributed by atoms with Crippen LogP contribution in [0.25, 0.3) is 11.6 Å². The van der Waals surface area contributed by atoms with E-state index < -0.39 is 5.92 Å². The van der Waals surface area contributed by atoms with Crippen LogP contribution in [0.3, 0.4) is 0 Å². The number of hydrogen-bond acceptors (Lipinski definition) is 5. The average Bonchev–Trinajstić information content (AvgIpc) is 3.11. The third-order valence-electron chi connectivity index (χ3n) is 4.52. The van der Waals surface area contributed by atoms with E-state index in [0.717, 1.165) is 25.5 Å². The molecule has 3 rings (SSSR count). The lowest BCUT2D eigenvalue weighted by Gasteiger charge is -2.08. The van der Waals surface area contributed by atoms with Gasteiger partial charge in [-0.15, -0.1) is 0 Å². The van der Waals surface area contributed by atoms with Crippen LogP contribution in [0, 0.1) is 0 Å². The Labute approximate surface area is 172 Å². The van der Waals surface area contributed by atoms with Crippen LogP contribution < -0.4 is 5.56 Å². The van der Waals surface area contributed by atoms with Gasteiger partial charge in [-0.05, 0) is 51.1 Å². The van der Waals surface area contributed by atoms with Crippen LogP contribution >= 0.6 is 0 Å². The Morgan fingerprint density at radius 1 is 1.43 bits per heavy atom. The molecular weight excluding hydrogens is 392 g/mol. The highest BCUT2D eigenvalue weighted by molar-refractivity contribution is 5.87. The van der Waals surface area contributed by atoms with Crippen LogP contribution in [-0.2, 0) is 13.0 Å². The van der Waals surface area contributed by atoms with E-state index in [2.05, 4.69) is 26.8 Å². The maximum atomic E-state index is 13.0. The molecule has 0 fully saturated rings. The zero-order valence-corrected chi connectivity index (χ0v) is 16.9. The molecule has 158 valence electrons. The summed E-state index contributed by atoms with van der Waals surface area (Å²) in [7, 11) is 0. The summed E-state index contributed by atoms with van der Waals surface area (Å²) in [5.74, 6) is -1.46. The van der Waals surface area contributed by atoms with Crippen molar-refractivity contribution in [3.05, 3.63) is 57.8 Å². The summed E-state index contributed by atoms with van der Waals surface area (Å²) in [4.78, 5) is 24.5. The molecule has 0 saturated carbocycles. The van der Waals surface area contributed by atoms with E-state index in [1.165, 1.54) is 16.9 Å². The summed E-state index contributed by atoms with van der Waals surface area (Å²) in [6.45, 7) is 6.08. The quantitative estimate of drug-likeness (QED) is 0.503. The summed E-state index contributed by atoms with van der Waals surface area (Å²) >= 11 is 0. The number of amidine groups is 1. The van der Waals surface area contributed by atoms with Crippen molar-refractivity contribution in [2.24, 2.45) is 9.98 Å². The lowest BCUT2D eigenvalue weighted by Crippen LogP contribution is -2.23. The molecule has 0 aliphatic heterocycles. The summed E-state index contributed by atoms with van der Waals surface area (Å²) in [6, 6.07) is 2.97. The highest BCUT2D eigenvalue weighted by Gasteiger charge is 2.21. The van der Waals surface area contributed by atoms with E-state index in [9.17, 15) is 13.6 Å². The lowest BCUT2D eigenvalue weighted by atomic mass is 10.1. The average molecular weight is 415 g/mol. The molecule has 2 heterocycles. The van der Waals surface area contributed by atoms with Crippen molar-refractivity contribution >= 4 is 24.2 Å². The molecule has 1 aliphatic rings. The third-order valence-corrected chi connectivity index (χ3v) is 4.52. The van der Waals surface area contributed by atoms with E-state index in [-0.39, 0.29) is 30.8 Å². The fourth-order valence-corrected chi connectivity index (χ4v) is 2.86. The van der Waals surface area contributed by atoms with Gasteiger partial charge in [0.15, 0.2) is 0 Å². The van der Waals surface area contributed by atoms with Gasteiger partial charge in [-0.2, -0.15) is 5.10 Å². The number of allylic oxidation sites excluding steroid dienone is 2. The predicted octanol–water partition coefficient (Wildman–Crippen LogP) is 4.13. The Balaban J connectivity index is 1.78. The van der Waals surface area contributed by atoms with Crippen LogP contribution in [0.15, 0.2) is 43.6 Å².